The summed E-state index contributed by atoms with van der Waals surface area (Å²) in [4.78, 5) is 6.24. The molecule has 0 bridgehead atoms. The Morgan fingerprint density at radius 2 is 2.24 bits per heavy atom. The average molecular weight is 255 g/mol. The molecule has 1 fully saturated rings. The van der Waals surface area contributed by atoms with Gasteiger partial charge in [0.25, 0.3) is 0 Å². The molecule has 2 rings (SSSR count). The Balaban J connectivity index is 2.33. The van der Waals surface area contributed by atoms with Crippen LogP contribution in [-0.4, -0.2) is 37.5 Å². The number of aromatic nitrogens is 1. The van der Waals surface area contributed by atoms with E-state index in [1.165, 1.54) is 0 Å². The van der Waals surface area contributed by atoms with Gasteiger partial charge in [0, 0.05) is 18.8 Å². The topological polar surface area (TPSA) is 76.3 Å². The zero-order valence-corrected chi connectivity index (χ0v) is 10.9. The van der Waals surface area contributed by atoms with Gasteiger partial charge in [0.2, 0.25) is 0 Å². The van der Waals surface area contributed by atoms with E-state index < -0.39 is 9.84 Å². The second-order valence-corrected chi connectivity index (χ2v) is 6.75. The molecular formula is C11H17N3O2S. The molecule has 1 atom stereocenters. The second kappa shape index (κ2) is 4.18. The first-order valence-corrected chi connectivity index (χ1v) is 7.41. The first-order chi connectivity index (χ1) is 7.91. The van der Waals surface area contributed by atoms with Crippen molar-refractivity contribution in [2.45, 2.75) is 19.9 Å². The highest BCUT2D eigenvalue weighted by Crippen LogP contribution is 2.27. The van der Waals surface area contributed by atoms with E-state index in [0.29, 0.717) is 18.1 Å². The maximum absolute atomic E-state index is 11.5. The van der Waals surface area contributed by atoms with Crippen molar-refractivity contribution in [3.8, 4) is 0 Å². The summed E-state index contributed by atoms with van der Waals surface area (Å²) in [5.74, 6) is 1.04. The van der Waals surface area contributed by atoms with Crippen LogP contribution in [-0.2, 0) is 9.84 Å². The van der Waals surface area contributed by atoms with Crippen molar-refractivity contribution in [3.05, 3.63) is 17.8 Å². The van der Waals surface area contributed by atoms with Gasteiger partial charge in [-0.25, -0.2) is 13.4 Å². The van der Waals surface area contributed by atoms with Crippen molar-refractivity contribution in [1.82, 2.24) is 4.98 Å². The zero-order valence-electron chi connectivity index (χ0n) is 10.0. The van der Waals surface area contributed by atoms with Gasteiger partial charge in [-0.2, -0.15) is 0 Å². The SMILES string of the molecule is Cc1ccnc(N2CCS(=O)(=O)CC2C)c1N. The first-order valence-electron chi connectivity index (χ1n) is 5.59. The molecule has 5 nitrogen and oxygen atoms in total. The molecule has 1 saturated heterocycles. The van der Waals surface area contributed by atoms with Gasteiger partial charge >= 0.3 is 0 Å². The average Bonchev–Trinajstić information content (AvgIpc) is 2.22. The molecule has 0 radical (unpaired) electrons. The zero-order chi connectivity index (χ0) is 12.6. The van der Waals surface area contributed by atoms with Gasteiger partial charge < -0.3 is 10.6 Å². The van der Waals surface area contributed by atoms with Crippen LogP contribution in [0.15, 0.2) is 12.3 Å². The third-order valence-electron chi connectivity index (χ3n) is 3.13. The molecule has 0 amide bonds. The lowest BCUT2D eigenvalue weighted by molar-refractivity contribution is 0.567. The van der Waals surface area contributed by atoms with Crippen LogP contribution < -0.4 is 10.6 Å². The van der Waals surface area contributed by atoms with Gasteiger partial charge in [-0.15, -0.1) is 0 Å². The van der Waals surface area contributed by atoms with E-state index in [0.717, 1.165) is 5.56 Å². The largest absolute Gasteiger partial charge is 0.396 e. The molecule has 0 spiro atoms. The van der Waals surface area contributed by atoms with Crippen LogP contribution in [0.25, 0.3) is 0 Å². The van der Waals surface area contributed by atoms with Crippen LogP contribution in [0.1, 0.15) is 12.5 Å². The lowest BCUT2D eigenvalue weighted by atomic mass is 10.2. The van der Waals surface area contributed by atoms with Crippen molar-refractivity contribution >= 4 is 21.3 Å². The van der Waals surface area contributed by atoms with Crippen LogP contribution >= 0.6 is 0 Å². The quantitative estimate of drug-likeness (QED) is 0.795. The number of hydrogen-bond acceptors (Lipinski definition) is 5. The summed E-state index contributed by atoms with van der Waals surface area (Å²) < 4.78 is 23.0. The smallest absolute Gasteiger partial charge is 0.154 e. The molecule has 0 aliphatic carbocycles. The predicted octanol–water partition coefficient (Wildman–Crippen LogP) is 0.596. The standard InChI is InChI=1S/C11H17N3O2S/c1-8-3-4-13-11(10(8)12)14-5-6-17(15,16)7-9(14)2/h3-4,9H,5-7,12H2,1-2H3. The Bertz CT molecular complexity index is 528. The number of nitrogens with zero attached hydrogens (tertiary/aromatic N) is 2. The number of nitrogens with two attached hydrogens (primary N) is 1. The molecule has 0 aromatic carbocycles. The van der Waals surface area contributed by atoms with E-state index in [2.05, 4.69) is 4.98 Å². The summed E-state index contributed by atoms with van der Waals surface area (Å²) in [6.07, 6.45) is 1.71. The lowest BCUT2D eigenvalue weighted by Gasteiger charge is -2.34. The van der Waals surface area contributed by atoms with Gasteiger partial charge in [-0.1, -0.05) is 0 Å². The highest BCUT2D eigenvalue weighted by Gasteiger charge is 2.29. The fourth-order valence-corrected chi connectivity index (χ4v) is 3.65. The van der Waals surface area contributed by atoms with Crippen molar-refractivity contribution < 1.29 is 8.42 Å². The number of pyridine rings is 1. The molecule has 1 aromatic rings. The van der Waals surface area contributed by atoms with E-state index in [4.69, 9.17) is 5.73 Å². The molecule has 2 heterocycles. The van der Waals surface area contributed by atoms with Crippen molar-refractivity contribution in [2.24, 2.45) is 0 Å². The predicted molar refractivity (Wildman–Crippen MR) is 68.8 cm³/mol. The number of hydrogen-bond donors (Lipinski definition) is 1. The Hall–Kier alpha value is -1.30. The van der Waals surface area contributed by atoms with Crippen LogP contribution in [0.4, 0.5) is 11.5 Å². The Morgan fingerprint density at radius 1 is 1.53 bits per heavy atom. The lowest BCUT2D eigenvalue weighted by Crippen LogP contribution is -2.47. The Kier molecular flexibility index (Phi) is 2.99. The molecule has 0 saturated carbocycles. The number of rotatable bonds is 1. The molecule has 1 unspecified atom stereocenters. The Morgan fingerprint density at radius 3 is 2.88 bits per heavy atom. The van der Waals surface area contributed by atoms with Gasteiger partial charge in [-0.05, 0) is 25.5 Å². The summed E-state index contributed by atoms with van der Waals surface area (Å²) in [7, 11) is -2.91. The highest BCUT2D eigenvalue weighted by atomic mass is 32.2. The molecule has 94 valence electrons. The summed E-state index contributed by atoms with van der Waals surface area (Å²) in [5.41, 5.74) is 7.60. The summed E-state index contributed by atoms with van der Waals surface area (Å²) in [5, 5.41) is 0. The van der Waals surface area contributed by atoms with E-state index in [1.807, 2.05) is 24.8 Å². The van der Waals surface area contributed by atoms with Crippen LogP contribution in [0.3, 0.4) is 0 Å². The minimum atomic E-state index is -2.91. The minimum Gasteiger partial charge on any atom is -0.396 e. The minimum absolute atomic E-state index is 0.0784. The molecule has 1 aromatic heterocycles. The molecule has 2 N–H and O–H groups in total. The third-order valence-corrected chi connectivity index (χ3v) is 4.92. The molecule has 6 heteroatoms. The maximum atomic E-state index is 11.5. The third kappa shape index (κ3) is 2.36. The van der Waals surface area contributed by atoms with E-state index in [1.54, 1.807) is 6.20 Å². The van der Waals surface area contributed by atoms with Gasteiger partial charge in [0.15, 0.2) is 15.7 Å². The fraction of sp³-hybridized carbons (Fsp3) is 0.545. The van der Waals surface area contributed by atoms with Gasteiger partial charge in [0.05, 0.1) is 17.2 Å². The summed E-state index contributed by atoms with van der Waals surface area (Å²) in [6, 6.07) is 1.77. The van der Waals surface area contributed by atoms with Crippen LogP contribution in [0.5, 0.6) is 0 Å². The maximum Gasteiger partial charge on any atom is 0.154 e. The van der Waals surface area contributed by atoms with E-state index in [-0.39, 0.29) is 17.5 Å². The van der Waals surface area contributed by atoms with E-state index in [9.17, 15) is 8.42 Å². The number of aryl methyl sites for hydroxylation is 1. The summed E-state index contributed by atoms with van der Waals surface area (Å²) in [6.45, 7) is 4.27. The fourth-order valence-electron chi connectivity index (χ4n) is 2.10. The normalized spacial score (nSPS) is 23.6. The van der Waals surface area contributed by atoms with E-state index >= 15 is 0 Å². The highest BCUT2D eigenvalue weighted by molar-refractivity contribution is 7.91. The van der Waals surface area contributed by atoms with Crippen LogP contribution in [0.2, 0.25) is 0 Å². The Labute approximate surface area is 102 Å². The van der Waals surface area contributed by atoms with Gasteiger partial charge in [-0.3, -0.25) is 0 Å². The van der Waals surface area contributed by atoms with Crippen molar-refractivity contribution in [1.29, 1.82) is 0 Å². The molecule has 17 heavy (non-hydrogen) atoms. The van der Waals surface area contributed by atoms with Crippen molar-refractivity contribution in [3.63, 3.8) is 0 Å². The van der Waals surface area contributed by atoms with Crippen LogP contribution in [0, 0.1) is 6.92 Å². The monoisotopic (exact) mass is 255 g/mol. The first kappa shape index (κ1) is 12.2. The van der Waals surface area contributed by atoms with Gasteiger partial charge in [0.1, 0.15) is 0 Å². The second-order valence-electron chi connectivity index (χ2n) is 4.52. The van der Waals surface area contributed by atoms with Crippen molar-refractivity contribution in [2.75, 3.05) is 28.7 Å². The molecule has 1 aliphatic heterocycles. The molecular weight excluding hydrogens is 238 g/mol. The number of nitrogen functional groups attached to an aromatic ring is 1. The number of sulfone groups is 1. The number of anilines is 2. The summed E-state index contributed by atoms with van der Waals surface area (Å²) >= 11 is 0. The molecule has 1 aliphatic rings.